The molecule has 3 nitrogen and oxygen atoms in total. The van der Waals surface area contributed by atoms with Crippen LogP contribution in [0.25, 0.3) is 0 Å². The third kappa shape index (κ3) is 1.62. The van der Waals surface area contributed by atoms with Gasteiger partial charge in [-0.05, 0) is 11.5 Å². The lowest BCUT2D eigenvalue weighted by molar-refractivity contribution is -0.147. The van der Waals surface area contributed by atoms with Crippen molar-refractivity contribution >= 4 is 23.5 Å². The van der Waals surface area contributed by atoms with Crippen molar-refractivity contribution in [3.63, 3.8) is 0 Å². The number of Topliss-reactive ketones (excluding diaryl/α,β-unsaturated/α-hetero) is 1. The van der Waals surface area contributed by atoms with Crippen molar-refractivity contribution in [2.24, 2.45) is 5.92 Å². The van der Waals surface area contributed by atoms with Gasteiger partial charge in [-0.25, -0.2) is 0 Å². The SMILES string of the molecule is CC(=O)O[C@H]1C=C[C@H]2SC=C[C@@H]1C2=O. The maximum absolute atomic E-state index is 11.7. The van der Waals surface area contributed by atoms with Gasteiger partial charge in [0.1, 0.15) is 6.10 Å². The summed E-state index contributed by atoms with van der Waals surface area (Å²) >= 11 is 1.49. The number of carbonyl (C=O) groups is 2. The van der Waals surface area contributed by atoms with Crippen LogP contribution in [0, 0.1) is 5.92 Å². The Morgan fingerprint density at radius 2 is 2.21 bits per heavy atom. The van der Waals surface area contributed by atoms with Crippen LogP contribution in [0.5, 0.6) is 0 Å². The lowest BCUT2D eigenvalue weighted by Crippen LogP contribution is -2.39. The van der Waals surface area contributed by atoms with Gasteiger partial charge >= 0.3 is 5.97 Å². The summed E-state index contributed by atoms with van der Waals surface area (Å²) in [6, 6.07) is 0. The van der Waals surface area contributed by atoms with Crippen LogP contribution in [0.4, 0.5) is 0 Å². The highest BCUT2D eigenvalue weighted by Gasteiger charge is 2.36. The summed E-state index contributed by atoms with van der Waals surface area (Å²) in [6.07, 6.45) is 5.00. The molecule has 0 saturated heterocycles. The molecule has 0 aromatic heterocycles. The highest BCUT2D eigenvalue weighted by atomic mass is 32.2. The highest BCUT2D eigenvalue weighted by Crippen LogP contribution is 2.32. The molecule has 1 aliphatic heterocycles. The molecule has 0 N–H and O–H groups in total. The Bertz CT molecular complexity index is 332. The molecule has 0 amide bonds. The van der Waals surface area contributed by atoms with Crippen LogP contribution in [0.2, 0.25) is 0 Å². The predicted molar refractivity (Wildman–Crippen MR) is 53.7 cm³/mol. The van der Waals surface area contributed by atoms with Crippen LogP contribution in [0.15, 0.2) is 23.6 Å². The average Bonchev–Trinajstić information content (AvgIpc) is 2.09. The van der Waals surface area contributed by atoms with Gasteiger partial charge in [-0.3, -0.25) is 9.59 Å². The van der Waals surface area contributed by atoms with Crippen molar-refractivity contribution in [1.82, 2.24) is 0 Å². The molecule has 0 fully saturated rings. The molecule has 1 heterocycles. The number of thioether (sulfide) groups is 1. The fraction of sp³-hybridized carbons (Fsp3) is 0.400. The van der Waals surface area contributed by atoms with E-state index < -0.39 is 6.10 Å². The second kappa shape index (κ2) is 3.61. The third-order valence-electron chi connectivity index (χ3n) is 2.25. The van der Waals surface area contributed by atoms with E-state index >= 15 is 0 Å². The van der Waals surface area contributed by atoms with Gasteiger partial charge in [0.15, 0.2) is 5.78 Å². The van der Waals surface area contributed by atoms with E-state index in [2.05, 4.69) is 0 Å². The van der Waals surface area contributed by atoms with Crippen LogP contribution >= 0.6 is 11.8 Å². The molecule has 0 saturated carbocycles. The summed E-state index contributed by atoms with van der Waals surface area (Å²) in [6.45, 7) is 1.35. The van der Waals surface area contributed by atoms with Crippen molar-refractivity contribution in [2.45, 2.75) is 18.3 Å². The molecule has 4 heteroatoms. The Morgan fingerprint density at radius 3 is 2.93 bits per heavy atom. The first-order valence-corrected chi connectivity index (χ1v) is 5.34. The van der Waals surface area contributed by atoms with E-state index in [0.717, 1.165) is 0 Å². The lowest BCUT2D eigenvalue weighted by atomic mass is 9.89. The number of hydrogen-bond acceptors (Lipinski definition) is 4. The number of carbonyl (C=O) groups excluding carboxylic acids is 2. The molecule has 1 aliphatic carbocycles. The van der Waals surface area contributed by atoms with E-state index in [-0.39, 0.29) is 22.9 Å². The van der Waals surface area contributed by atoms with Crippen LogP contribution < -0.4 is 0 Å². The van der Waals surface area contributed by atoms with E-state index in [9.17, 15) is 9.59 Å². The second-order valence-corrected chi connectivity index (χ2v) is 4.32. The first-order chi connectivity index (χ1) is 6.68. The van der Waals surface area contributed by atoms with E-state index in [0.29, 0.717) is 0 Å². The zero-order valence-electron chi connectivity index (χ0n) is 7.67. The van der Waals surface area contributed by atoms with Gasteiger partial charge in [-0.2, -0.15) is 0 Å². The molecular weight excluding hydrogens is 200 g/mol. The van der Waals surface area contributed by atoms with Gasteiger partial charge in [0.2, 0.25) is 0 Å². The Kier molecular flexibility index (Phi) is 2.46. The van der Waals surface area contributed by atoms with Gasteiger partial charge in [-0.15, -0.1) is 11.8 Å². The van der Waals surface area contributed by atoms with Gasteiger partial charge in [0, 0.05) is 6.92 Å². The Labute approximate surface area is 86.2 Å². The van der Waals surface area contributed by atoms with E-state index in [4.69, 9.17) is 4.74 Å². The molecule has 2 rings (SSSR count). The second-order valence-electron chi connectivity index (χ2n) is 3.27. The molecule has 3 atom stereocenters. The van der Waals surface area contributed by atoms with Crippen molar-refractivity contribution in [3.8, 4) is 0 Å². The van der Waals surface area contributed by atoms with Gasteiger partial charge < -0.3 is 4.74 Å². The van der Waals surface area contributed by atoms with Crippen LogP contribution in [0.1, 0.15) is 6.92 Å². The summed E-state index contributed by atoms with van der Waals surface area (Å²) in [4.78, 5) is 22.5. The topological polar surface area (TPSA) is 43.4 Å². The molecule has 2 bridgehead atoms. The number of rotatable bonds is 1. The highest BCUT2D eigenvalue weighted by molar-refractivity contribution is 8.03. The molecule has 2 aliphatic rings. The first kappa shape index (κ1) is 9.52. The van der Waals surface area contributed by atoms with Crippen molar-refractivity contribution in [1.29, 1.82) is 0 Å². The normalized spacial score (nSPS) is 34.4. The van der Waals surface area contributed by atoms with E-state index in [1.54, 1.807) is 18.2 Å². The van der Waals surface area contributed by atoms with Crippen molar-refractivity contribution < 1.29 is 14.3 Å². The zero-order chi connectivity index (χ0) is 10.1. The molecule has 0 aromatic carbocycles. The van der Waals surface area contributed by atoms with Gasteiger partial charge in [-0.1, -0.05) is 12.2 Å². The van der Waals surface area contributed by atoms with Crippen LogP contribution in [-0.2, 0) is 14.3 Å². The first-order valence-electron chi connectivity index (χ1n) is 4.40. The Balaban J connectivity index is 2.21. The quantitative estimate of drug-likeness (QED) is 0.483. The maximum Gasteiger partial charge on any atom is 0.303 e. The minimum Gasteiger partial charge on any atom is -0.457 e. The predicted octanol–water partition coefficient (Wildman–Crippen LogP) is 1.30. The minimum atomic E-state index is -0.409. The standard InChI is InChI=1S/C10H10O3S/c1-6(11)13-8-2-3-9-10(12)7(8)4-5-14-9/h2-5,7-9H,1H3/t7-,8-,9+/m0/s1. The van der Waals surface area contributed by atoms with Crippen molar-refractivity contribution in [3.05, 3.63) is 23.6 Å². The lowest BCUT2D eigenvalue weighted by Gasteiger charge is -2.29. The number of ether oxygens (including phenoxy) is 1. The molecule has 0 spiro atoms. The molecule has 14 heavy (non-hydrogen) atoms. The maximum atomic E-state index is 11.7. The van der Waals surface area contributed by atoms with Crippen molar-refractivity contribution in [2.75, 3.05) is 0 Å². The largest absolute Gasteiger partial charge is 0.457 e. The summed E-state index contributed by atoms with van der Waals surface area (Å²) in [5.41, 5.74) is 0. The number of ketones is 1. The number of fused-ring (bicyclic) bond motifs is 2. The molecule has 0 radical (unpaired) electrons. The Hall–Kier alpha value is -1.03. The molecular formula is C10H10O3S. The summed E-state index contributed by atoms with van der Waals surface area (Å²) in [5.74, 6) is -0.501. The number of esters is 1. The van der Waals surface area contributed by atoms with E-state index in [1.807, 2.05) is 5.41 Å². The third-order valence-corrected chi connectivity index (χ3v) is 3.25. The number of hydrogen-bond donors (Lipinski definition) is 0. The summed E-state index contributed by atoms with van der Waals surface area (Å²) in [5, 5.41) is 1.81. The summed E-state index contributed by atoms with van der Waals surface area (Å²) < 4.78 is 5.04. The molecule has 0 aromatic rings. The molecule has 0 unspecified atom stereocenters. The summed E-state index contributed by atoms with van der Waals surface area (Å²) in [7, 11) is 0. The average molecular weight is 210 g/mol. The monoisotopic (exact) mass is 210 g/mol. The van der Waals surface area contributed by atoms with Gasteiger partial charge in [0.05, 0.1) is 11.2 Å². The Morgan fingerprint density at radius 1 is 1.43 bits per heavy atom. The van der Waals surface area contributed by atoms with Gasteiger partial charge in [0.25, 0.3) is 0 Å². The van der Waals surface area contributed by atoms with E-state index in [1.165, 1.54) is 18.7 Å². The minimum absolute atomic E-state index is 0.0863. The fourth-order valence-electron chi connectivity index (χ4n) is 1.61. The molecule has 74 valence electrons. The fourth-order valence-corrected chi connectivity index (χ4v) is 2.51. The smallest absolute Gasteiger partial charge is 0.303 e. The zero-order valence-corrected chi connectivity index (χ0v) is 8.49. The van der Waals surface area contributed by atoms with Crippen LogP contribution in [-0.4, -0.2) is 23.1 Å². The van der Waals surface area contributed by atoms with Crippen LogP contribution in [0.3, 0.4) is 0 Å².